The van der Waals surface area contributed by atoms with E-state index in [0.717, 1.165) is 50.3 Å². The lowest BCUT2D eigenvalue weighted by Gasteiger charge is -2.36. The van der Waals surface area contributed by atoms with Gasteiger partial charge in [0.05, 0.1) is 6.61 Å². The number of aliphatic hydroxyl groups is 1. The number of anilines is 1. The van der Waals surface area contributed by atoms with E-state index >= 15 is 0 Å². The predicted octanol–water partition coefficient (Wildman–Crippen LogP) is 1.67. The van der Waals surface area contributed by atoms with Crippen LogP contribution in [0.15, 0.2) is 22.7 Å². The Kier molecular flexibility index (Phi) is 6.29. The zero-order valence-electron chi connectivity index (χ0n) is 12.1. The predicted molar refractivity (Wildman–Crippen MR) is 87.3 cm³/mol. The van der Waals surface area contributed by atoms with Crippen LogP contribution >= 0.6 is 15.9 Å². The van der Waals surface area contributed by atoms with E-state index in [2.05, 4.69) is 56.2 Å². The minimum Gasteiger partial charge on any atom is -0.395 e. The molecule has 1 aromatic rings. The first-order valence-electron chi connectivity index (χ1n) is 7.32. The summed E-state index contributed by atoms with van der Waals surface area (Å²) < 4.78 is 1.13. The van der Waals surface area contributed by atoms with Crippen LogP contribution < -0.4 is 10.2 Å². The van der Waals surface area contributed by atoms with Crippen molar-refractivity contribution in [2.45, 2.75) is 13.5 Å². The lowest BCUT2D eigenvalue weighted by molar-refractivity contribution is 0.188. The molecule has 0 saturated carbocycles. The van der Waals surface area contributed by atoms with Gasteiger partial charge < -0.3 is 15.3 Å². The minimum atomic E-state index is 0.254. The maximum Gasteiger partial charge on any atom is 0.0558 e. The summed E-state index contributed by atoms with van der Waals surface area (Å²) in [6.45, 7) is 9.17. The standard InChI is InChI=1S/C15H24BrN3O/c1-2-17-12-13-11-14(16)3-4-15(13)19-7-5-18(6-8-19)9-10-20/h3-4,11,17,20H,2,5-10,12H2,1H3. The Bertz CT molecular complexity index is 420. The number of β-amino-alcohol motifs (C(OH)–C–C–N with tert-alkyl or cyclic N) is 1. The number of hydrogen-bond donors (Lipinski definition) is 2. The van der Waals surface area contributed by atoms with Crippen molar-refractivity contribution in [3.8, 4) is 0 Å². The summed E-state index contributed by atoms with van der Waals surface area (Å²) in [6.07, 6.45) is 0. The fourth-order valence-electron chi connectivity index (χ4n) is 2.62. The molecule has 0 radical (unpaired) electrons. The van der Waals surface area contributed by atoms with Crippen molar-refractivity contribution in [1.29, 1.82) is 0 Å². The second-order valence-electron chi connectivity index (χ2n) is 5.11. The van der Waals surface area contributed by atoms with Crippen molar-refractivity contribution in [1.82, 2.24) is 10.2 Å². The van der Waals surface area contributed by atoms with E-state index in [1.165, 1.54) is 11.3 Å². The highest BCUT2D eigenvalue weighted by atomic mass is 79.9. The lowest BCUT2D eigenvalue weighted by atomic mass is 10.1. The van der Waals surface area contributed by atoms with Crippen molar-refractivity contribution in [2.24, 2.45) is 0 Å². The molecule has 20 heavy (non-hydrogen) atoms. The molecule has 0 aliphatic carbocycles. The Morgan fingerprint density at radius 2 is 2.00 bits per heavy atom. The first-order valence-corrected chi connectivity index (χ1v) is 8.11. The summed E-state index contributed by atoms with van der Waals surface area (Å²) in [5.41, 5.74) is 2.68. The zero-order chi connectivity index (χ0) is 14.4. The molecular weight excluding hydrogens is 318 g/mol. The third-order valence-electron chi connectivity index (χ3n) is 3.74. The topological polar surface area (TPSA) is 38.7 Å². The number of nitrogens with zero attached hydrogens (tertiary/aromatic N) is 2. The summed E-state index contributed by atoms with van der Waals surface area (Å²) in [5.74, 6) is 0. The quantitative estimate of drug-likeness (QED) is 0.825. The van der Waals surface area contributed by atoms with Gasteiger partial charge in [-0.25, -0.2) is 0 Å². The Balaban J connectivity index is 2.04. The second-order valence-corrected chi connectivity index (χ2v) is 6.02. The van der Waals surface area contributed by atoms with Crippen LogP contribution in [0.4, 0.5) is 5.69 Å². The van der Waals surface area contributed by atoms with Gasteiger partial charge in [-0.05, 0) is 30.3 Å². The van der Waals surface area contributed by atoms with Gasteiger partial charge in [0.15, 0.2) is 0 Å². The van der Waals surface area contributed by atoms with E-state index in [4.69, 9.17) is 5.11 Å². The molecule has 1 heterocycles. The molecule has 0 bridgehead atoms. The normalized spacial score (nSPS) is 16.6. The monoisotopic (exact) mass is 341 g/mol. The second kappa shape index (κ2) is 7.98. The fraction of sp³-hybridized carbons (Fsp3) is 0.600. The Hall–Kier alpha value is -0.620. The molecule has 4 nitrogen and oxygen atoms in total. The molecule has 0 spiro atoms. The molecule has 2 N–H and O–H groups in total. The van der Waals surface area contributed by atoms with Gasteiger partial charge in [0, 0.05) is 49.4 Å². The van der Waals surface area contributed by atoms with E-state index in [1.54, 1.807) is 0 Å². The molecule has 0 unspecified atom stereocenters. The average molecular weight is 342 g/mol. The van der Waals surface area contributed by atoms with Crippen molar-refractivity contribution >= 4 is 21.6 Å². The third kappa shape index (κ3) is 4.19. The molecule has 0 atom stereocenters. The Morgan fingerprint density at radius 3 is 2.65 bits per heavy atom. The fourth-order valence-corrected chi connectivity index (χ4v) is 3.03. The molecule has 112 valence electrons. The smallest absolute Gasteiger partial charge is 0.0558 e. The van der Waals surface area contributed by atoms with Crippen molar-refractivity contribution in [3.63, 3.8) is 0 Å². The first-order chi connectivity index (χ1) is 9.74. The average Bonchev–Trinajstić information content (AvgIpc) is 2.47. The summed E-state index contributed by atoms with van der Waals surface area (Å²) in [6, 6.07) is 6.53. The van der Waals surface area contributed by atoms with Crippen LogP contribution in [-0.2, 0) is 6.54 Å². The lowest BCUT2D eigenvalue weighted by Crippen LogP contribution is -2.47. The number of benzene rings is 1. The van der Waals surface area contributed by atoms with E-state index < -0.39 is 0 Å². The molecule has 1 saturated heterocycles. The van der Waals surface area contributed by atoms with Gasteiger partial charge in [-0.1, -0.05) is 22.9 Å². The van der Waals surface area contributed by atoms with Crippen molar-refractivity contribution < 1.29 is 5.11 Å². The van der Waals surface area contributed by atoms with Gasteiger partial charge >= 0.3 is 0 Å². The van der Waals surface area contributed by atoms with E-state index in [1.807, 2.05) is 0 Å². The van der Waals surface area contributed by atoms with Crippen LogP contribution in [0.1, 0.15) is 12.5 Å². The molecule has 1 fully saturated rings. The van der Waals surface area contributed by atoms with Gasteiger partial charge in [-0.15, -0.1) is 0 Å². The van der Waals surface area contributed by atoms with E-state index in [9.17, 15) is 0 Å². The van der Waals surface area contributed by atoms with Crippen LogP contribution in [0.3, 0.4) is 0 Å². The van der Waals surface area contributed by atoms with Crippen LogP contribution in [0.25, 0.3) is 0 Å². The maximum atomic E-state index is 9.00. The zero-order valence-corrected chi connectivity index (χ0v) is 13.7. The van der Waals surface area contributed by atoms with E-state index in [-0.39, 0.29) is 6.61 Å². The number of hydrogen-bond acceptors (Lipinski definition) is 4. The van der Waals surface area contributed by atoms with Gasteiger partial charge in [0.25, 0.3) is 0 Å². The van der Waals surface area contributed by atoms with Crippen LogP contribution in [-0.4, -0.2) is 55.9 Å². The van der Waals surface area contributed by atoms with Gasteiger partial charge in [0.1, 0.15) is 0 Å². The number of rotatable bonds is 6. The third-order valence-corrected chi connectivity index (χ3v) is 4.23. The van der Waals surface area contributed by atoms with E-state index in [0.29, 0.717) is 0 Å². The Labute approximate surface area is 129 Å². The Morgan fingerprint density at radius 1 is 1.25 bits per heavy atom. The number of halogens is 1. The molecule has 0 amide bonds. The van der Waals surface area contributed by atoms with Gasteiger partial charge in [-0.2, -0.15) is 0 Å². The highest BCUT2D eigenvalue weighted by Crippen LogP contribution is 2.25. The van der Waals surface area contributed by atoms with Crippen LogP contribution in [0, 0.1) is 0 Å². The number of aliphatic hydroxyl groups excluding tert-OH is 1. The van der Waals surface area contributed by atoms with Crippen molar-refractivity contribution in [2.75, 3.05) is 50.8 Å². The molecule has 1 aromatic carbocycles. The van der Waals surface area contributed by atoms with Crippen molar-refractivity contribution in [3.05, 3.63) is 28.2 Å². The molecular formula is C15H24BrN3O. The molecule has 2 rings (SSSR count). The summed E-state index contributed by atoms with van der Waals surface area (Å²) in [7, 11) is 0. The number of piperazine rings is 1. The largest absolute Gasteiger partial charge is 0.395 e. The molecule has 0 aromatic heterocycles. The minimum absolute atomic E-state index is 0.254. The summed E-state index contributed by atoms with van der Waals surface area (Å²) in [4.78, 5) is 4.77. The summed E-state index contributed by atoms with van der Waals surface area (Å²) >= 11 is 3.56. The number of nitrogens with one attached hydrogen (secondary N) is 1. The van der Waals surface area contributed by atoms with Gasteiger partial charge in [-0.3, -0.25) is 4.90 Å². The molecule has 1 aliphatic rings. The summed E-state index contributed by atoms with van der Waals surface area (Å²) in [5, 5.41) is 12.4. The highest BCUT2D eigenvalue weighted by molar-refractivity contribution is 9.10. The molecule has 5 heteroatoms. The van der Waals surface area contributed by atoms with Crippen LogP contribution in [0.5, 0.6) is 0 Å². The van der Waals surface area contributed by atoms with Crippen LogP contribution in [0.2, 0.25) is 0 Å². The highest BCUT2D eigenvalue weighted by Gasteiger charge is 2.18. The maximum absolute atomic E-state index is 9.00. The van der Waals surface area contributed by atoms with Gasteiger partial charge in [0.2, 0.25) is 0 Å². The molecule has 1 aliphatic heterocycles. The SMILES string of the molecule is CCNCc1cc(Br)ccc1N1CCN(CCO)CC1. The first kappa shape index (κ1) is 15.8.